The van der Waals surface area contributed by atoms with E-state index in [-0.39, 0.29) is 11.4 Å². The van der Waals surface area contributed by atoms with Crippen molar-refractivity contribution in [1.29, 1.82) is 0 Å². The number of thiophene rings is 1. The van der Waals surface area contributed by atoms with Crippen LogP contribution >= 0.6 is 11.3 Å². The number of ether oxygens (including phenoxy) is 1. The van der Waals surface area contributed by atoms with E-state index in [2.05, 4.69) is 18.7 Å². The minimum atomic E-state index is -0.289. The van der Waals surface area contributed by atoms with Crippen LogP contribution in [-0.4, -0.2) is 47.8 Å². The van der Waals surface area contributed by atoms with Gasteiger partial charge >= 0.3 is 0 Å². The molecule has 0 atom stereocenters. The first-order valence-corrected chi connectivity index (χ1v) is 10.8. The Labute approximate surface area is 174 Å². The van der Waals surface area contributed by atoms with Gasteiger partial charge < -0.3 is 9.64 Å². The number of halogens is 1. The van der Waals surface area contributed by atoms with E-state index in [9.17, 15) is 9.18 Å². The third kappa shape index (κ3) is 4.57. The van der Waals surface area contributed by atoms with Crippen molar-refractivity contribution < 1.29 is 9.13 Å². The van der Waals surface area contributed by atoms with E-state index in [0.717, 1.165) is 46.3 Å². The highest BCUT2D eigenvalue weighted by Crippen LogP contribution is 2.35. The molecule has 2 heterocycles. The average molecular weight is 418 g/mol. The lowest BCUT2D eigenvalue weighted by Gasteiger charge is -2.20. The van der Waals surface area contributed by atoms with Gasteiger partial charge in [0.25, 0.3) is 5.56 Å². The molecular formula is C22H28FN3O2S. The van der Waals surface area contributed by atoms with E-state index in [1.165, 1.54) is 23.5 Å². The second-order valence-corrected chi connectivity index (χ2v) is 8.18. The maximum absolute atomic E-state index is 13.6. The second kappa shape index (κ2) is 9.61. The number of hydrogen-bond acceptors (Lipinski definition) is 5. The second-order valence-electron chi connectivity index (χ2n) is 6.97. The van der Waals surface area contributed by atoms with Gasteiger partial charge in [0.2, 0.25) is 0 Å². The molecule has 0 amide bonds. The zero-order chi connectivity index (χ0) is 21.0. The van der Waals surface area contributed by atoms with E-state index >= 15 is 0 Å². The van der Waals surface area contributed by atoms with Crippen LogP contribution in [0.15, 0.2) is 29.1 Å². The van der Waals surface area contributed by atoms with Crippen LogP contribution in [0.4, 0.5) is 4.39 Å². The fourth-order valence-electron chi connectivity index (χ4n) is 3.60. The van der Waals surface area contributed by atoms with Crippen molar-refractivity contribution in [3.8, 4) is 11.1 Å². The Morgan fingerprint density at radius 1 is 1.21 bits per heavy atom. The quantitative estimate of drug-likeness (QED) is 0.526. The summed E-state index contributed by atoms with van der Waals surface area (Å²) in [6.45, 7) is 9.98. The molecule has 29 heavy (non-hydrogen) atoms. The Kier molecular flexibility index (Phi) is 7.16. The standard InChI is InChI=1S/C22H28FN3O2S/c1-5-25(6-2)12-13-26-18(11-14-28-4)24-21-20(22(26)27)19(15(3)29-21)16-7-9-17(23)10-8-16/h7-10H,5-6,11-14H2,1-4H3. The van der Waals surface area contributed by atoms with Crippen molar-refractivity contribution in [2.24, 2.45) is 0 Å². The van der Waals surface area contributed by atoms with Gasteiger partial charge in [-0.15, -0.1) is 11.3 Å². The molecular weight excluding hydrogens is 389 g/mol. The van der Waals surface area contributed by atoms with Crippen molar-refractivity contribution in [2.75, 3.05) is 33.4 Å². The fourth-order valence-corrected chi connectivity index (χ4v) is 4.65. The van der Waals surface area contributed by atoms with Crippen molar-refractivity contribution in [2.45, 2.75) is 33.7 Å². The molecule has 0 N–H and O–H groups in total. The molecule has 5 nitrogen and oxygen atoms in total. The first kappa shape index (κ1) is 21.6. The summed E-state index contributed by atoms with van der Waals surface area (Å²) in [4.78, 5) is 22.4. The normalized spacial score (nSPS) is 11.7. The van der Waals surface area contributed by atoms with E-state index in [0.29, 0.717) is 25.0 Å². The molecule has 0 bridgehead atoms. The van der Waals surface area contributed by atoms with E-state index in [4.69, 9.17) is 9.72 Å². The first-order valence-electron chi connectivity index (χ1n) is 10.00. The highest BCUT2D eigenvalue weighted by atomic mass is 32.1. The lowest BCUT2D eigenvalue weighted by molar-refractivity contribution is 0.198. The average Bonchev–Trinajstić information content (AvgIpc) is 3.05. The summed E-state index contributed by atoms with van der Waals surface area (Å²) in [5.41, 5.74) is 1.67. The largest absolute Gasteiger partial charge is 0.384 e. The Morgan fingerprint density at radius 2 is 1.90 bits per heavy atom. The van der Waals surface area contributed by atoms with Crippen LogP contribution in [0.25, 0.3) is 21.3 Å². The molecule has 0 spiro atoms. The van der Waals surface area contributed by atoms with Crippen LogP contribution in [0, 0.1) is 12.7 Å². The van der Waals surface area contributed by atoms with Crippen LogP contribution in [0.1, 0.15) is 24.5 Å². The van der Waals surface area contributed by atoms with Gasteiger partial charge in [0.1, 0.15) is 16.5 Å². The van der Waals surface area contributed by atoms with E-state index in [1.807, 2.05) is 6.92 Å². The van der Waals surface area contributed by atoms with Gasteiger partial charge in [0, 0.05) is 37.1 Å². The summed E-state index contributed by atoms with van der Waals surface area (Å²) in [7, 11) is 1.65. The smallest absolute Gasteiger partial charge is 0.262 e. The number of benzene rings is 1. The minimum absolute atomic E-state index is 0.0306. The van der Waals surface area contributed by atoms with Gasteiger partial charge in [-0.2, -0.15) is 0 Å². The van der Waals surface area contributed by atoms with Crippen molar-refractivity contribution in [3.05, 3.63) is 51.1 Å². The van der Waals surface area contributed by atoms with Gasteiger partial charge in [-0.1, -0.05) is 26.0 Å². The van der Waals surface area contributed by atoms with Crippen LogP contribution in [-0.2, 0) is 17.7 Å². The number of nitrogens with zero attached hydrogens (tertiary/aromatic N) is 3. The topological polar surface area (TPSA) is 47.4 Å². The third-order valence-corrected chi connectivity index (χ3v) is 6.26. The highest BCUT2D eigenvalue weighted by Gasteiger charge is 2.20. The van der Waals surface area contributed by atoms with Crippen LogP contribution in [0.5, 0.6) is 0 Å². The van der Waals surface area contributed by atoms with Crippen LogP contribution in [0.2, 0.25) is 0 Å². The Bertz CT molecular complexity index is 1020. The number of fused-ring (bicyclic) bond motifs is 1. The Morgan fingerprint density at radius 3 is 2.52 bits per heavy atom. The van der Waals surface area contributed by atoms with Gasteiger partial charge in [-0.05, 0) is 37.7 Å². The molecule has 0 radical (unpaired) electrons. The maximum Gasteiger partial charge on any atom is 0.262 e. The summed E-state index contributed by atoms with van der Waals surface area (Å²) in [6, 6.07) is 6.31. The van der Waals surface area contributed by atoms with Crippen LogP contribution in [0.3, 0.4) is 0 Å². The molecule has 0 aliphatic carbocycles. The van der Waals surface area contributed by atoms with Crippen molar-refractivity contribution in [3.63, 3.8) is 0 Å². The van der Waals surface area contributed by atoms with E-state index < -0.39 is 0 Å². The molecule has 0 aliphatic heterocycles. The van der Waals surface area contributed by atoms with Crippen LogP contribution < -0.4 is 5.56 Å². The number of rotatable bonds is 9. The molecule has 0 saturated carbocycles. The predicted molar refractivity (Wildman–Crippen MR) is 117 cm³/mol. The minimum Gasteiger partial charge on any atom is -0.384 e. The number of aromatic nitrogens is 2. The molecule has 0 saturated heterocycles. The first-order chi connectivity index (χ1) is 14.0. The van der Waals surface area contributed by atoms with E-state index in [1.54, 1.807) is 23.8 Å². The van der Waals surface area contributed by atoms with Gasteiger partial charge in [-0.25, -0.2) is 9.37 Å². The van der Waals surface area contributed by atoms with Crippen molar-refractivity contribution >= 4 is 21.6 Å². The number of likely N-dealkylation sites (N-methyl/N-ethyl adjacent to an activating group) is 1. The molecule has 0 fully saturated rings. The van der Waals surface area contributed by atoms with Gasteiger partial charge in [0.05, 0.1) is 12.0 Å². The van der Waals surface area contributed by atoms with Crippen molar-refractivity contribution in [1.82, 2.24) is 14.5 Å². The summed E-state index contributed by atoms with van der Waals surface area (Å²) in [6.07, 6.45) is 0.586. The zero-order valence-corrected chi connectivity index (χ0v) is 18.3. The molecule has 1 aromatic carbocycles. The Hall–Kier alpha value is -2.09. The summed E-state index contributed by atoms with van der Waals surface area (Å²) < 4.78 is 20.4. The van der Waals surface area contributed by atoms with Gasteiger partial charge in [-0.3, -0.25) is 9.36 Å². The monoisotopic (exact) mass is 417 g/mol. The third-order valence-electron chi connectivity index (χ3n) is 5.26. The summed E-state index contributed by atoms with van der Waals surface area (Å²) in [5.74, 6) is 0.464. The maximum atomic E-state index is 13.6. The molecule has 7 heteroatoms. The molecule has 3 rings (SSSR count). The molecule has 0 aliphatic rings. The summed E-state index contributed by atoms with van der Waals surface area (Å²) in [5, 5.41) is 0.625. The highest BCUT2D eigenvalue weighted by molar-refractivity contribution is 7.19. The number of hydrogen-bond donors (Lipinski definition) is 0. The lowest BCUT2D eigenvalue weighted by atomic mass is 10.0. The molecule has 0 unspecified atom stereocenters. The zero-order valence-electron chi connectivity index (χ0n) is 17.5. The molecule has 156 valence electrons. The fraction of sp³-hybridized carbons (Fsp3) is 0.455. The molecule has 3 aromatic rings. The number of aryl methyl sites for hydroxylation is 1. The molecule has 2 aromatic heterocycles. The predicted octanol–water partition coefficient (Wildman–Crippen LogP) is 4.10. The SMILES string of the molecule is CCN(CC)CCn1c(CCOC)nc2sc(C)c(-c3ccc(F)cc3)c2c1=O. The Balaban J connectivity index is 2.15. The number of methoxy groups -OCH3 is 1. The lowest BCUT2D eigenvalue weighted by Crippen LogP contribution is -2.33. The van der Waals surface area contributed by atoms with Gasteiger partial charge in [0.15, 0.2) is 0 Å². The summed E-state index contributed by atoms with van der Waals surface area (Å²) >= 11 is 1.51.